The first-order chi connectivity index (χ1) is 16.3. The van der Waals surface area contributed by atoms with Crippen LogP contribution >= 0.6 is 0 Å². The number of para-hydroxylation sites is 1. The lowest BCUT2D eigenvalue weighted by atomic mass is 10.2. The highest BCUT2D eigenvalue weighted by Gasteiger charge is 2.41. The molecule has 1 amide bonds. The molecule has 3 aromatic rings. The lowest BCUT2D eigenvalue weighted by molar-refractivity contribution is -0.136. The highest BCUT2D eigenvalue weighted by atomic mass is 32.2. The molecule has 0 spiro atoms. The number of rotatable bonds is 8. The second kappa shape index (κ2) is 10.0. The van der Waals surface area contributed by atoms with Crippen molar-refractivity contribution in [3.05, 3.63) is 70.3 Å². The third kappa shape index (κ3) is 4.89. The Morgan fingerprint density at radius 2 is 1.94 bits per heavy atom. The van der Waals surface area contributed by atoms with E-state index in [1.54, 1.807) is 48.5 Å². The van der Waals surface area contributed by atoms with E-state index < -0.39 is 16.1 Å². The summed E-state index contributed by atoms with van der Waals surface area (Å²) in [6, 6.07) is 12.8. The van der Waals surface area contributed by atoms with E-state index in [9.17, 15) is 18.0 Å². The minimum Gasteiger partial charge on any atom is -0.383 e. The lowest BCUT2D eigenvalue weighted by Gasteiger charge is -2.29. The Morgan fingerprint density at radius 1 is 1.21 bits per heavy atom. The number of hydrogen-bond acceptors (Lipinski definition) is 6. The Hall–Kier alpha value is -3.08. The van der Waals surface area contributed by atoms with Gasteiger partial charge in [0.2, 0.25) is 15.9 Å². The van der Waals surface area contributed by atoms with Gasteiger partial charge in [0.15, 0.2) is 0 Å². The molecule has 0 aliphatic carbocycles. The average molecular weight is 485 g/mol. The third-order valence-corrected chi connectivity index (χ3v) is 7.92. The molecular formula is C24H28N4O5S. The summed E-state index contributed by atoms with van der Waals surface area (Å²) in [5.74, 6) is 0.000126. The summed E-state index contributed by atoms with van der Waals surface area (Å²) in [4.78, 5) is 35.0. The molecule has 9 nitrogen and oxygen atoms in total. The number of nitrogens with one attached hydrogen (secondary N) is 1. The maximum atomic E-state index is 13.6. The van der Waals surface area contributed by atoms with Crippen LogP contribution in [0.2, 0.25) is 0 Å². The maximum Gasteiger partial charge on any atom is 0.258 e. The summed E-state index contributed by atoms with van der Waals surface area (Å²) in [6.45, 7) is 2.70. The smallest absolute Gasteiger partial charge is 0.258 e. The van der Waals surface area contributed by atoms with E-state index in [4.69, 9.17) is 4.74 Å². The molecule has 4 rings (SSSR count). The van der Waals surface area contributed by atoms with Crippen molar-refractivity contribution < 1.29 is 17.9 Å². The van der Waals surface area contributed by atoms with Gasteiger partial charge in [-0.1, -0.05) is 29.8 Å². The molecule has 1 fully saturated rings. The molecule has 180 valence electrons. The molecule has 1 saturated heterocycles. The highest BCUT2D eigenvalue weighted by Crippen LogP contribution is 2.28. The van der Waals surface area contributed by atoms with Crippen molar-refractivity contribution in [2.45, 2.75) is 37.2 Å². The van der Waals surface area contributed by atoms with Crippen molar-refractivity contribution in [3.63, 3.8) is 0 Å². The predicted molar refractivity (Wildman–Crippen MR) is 128 cm³/mol. The number of aromatic amines is 1. The molecule has 34 heavy (non-hydrogen) atoms. The first-order valence-electron chi connectivity index (χ1n) is 11.2. The maximum absolute atomic E-state index is 13.6. The lowest BCUT2D eigenvalue weighted by Crippen LogP contribution is -2.48. The fourth-order valence-electron chi connectivity index (χ4n) is 4.19. The van der Waals surface area contributed by atoms with Gasteiger partial charge < -0.3 is 14.6 Å². The zero-order chi connectivity index (χ0) is 24.3. The summed E-state index contributed by atoms with van der Waals surface area (Å²) in [6.07, 6.45) is 1.01. The summed E-state index contributed by atoms with van der Waals surface area (Å²) in [7, 11) is -2.30. The largest absolute Gasteiger partial charge is 0.383 e. The summed E-state index contributed by atoms with van der Waals surface area (Å²) in [5, 5.41) is 0.465. The molecule has 1 aromatic heterocycles. The monoisotopic (exact) mass is 484 g/mol. The topological polar surface area (TPSA) is 113 Å². The van der Waals surface area contributed by atoms with Crippen molar-refractivity contribution in [2.75, 3.05) is 26.8 Å². The Kier molecular flexibility index (Phi) is 7.11. The number of nitrogens with zero attached hydrogens (tertiary/aromatic N) is 3. The second-order valence-corrected chi connectivity index (χ2v) is 10.3. The predicted octanol–water partition coefficient (Wildman–Crippen LogP) is 2.06. The van der Waals surface area contributed by atoms with Crippen molar-refractivity contribution in [2.24, 2.45) is 0 Å². The van der Waals surface area contributed by atoms with Gasteiger partial charge in [-0.25, -0.2) is 13.4 Å². The number of aromatic nitrogens is 2. The molecule has 0 saturated carbocycles. The number of benzene rings is 2. The van der Waals surface area contributed by atoms with Crippen LogP contribution in [0.3, 0.4) is 0 Å². The SMILES string of the molecule is COCCN(Cc1nc2ccccc2c(=O)[nH]1)C(=O)[C@H]1CCCN1S(=O)(=O)c1ccc(C)cc1. The number of aryl methyl sites for hydroxylation is 1. The van der Waals surface area contributed by atoms with Gasteiger partial charge in [0, 0.05) is 20.2 Å². The van der Waals surface area contributed by atoms with E-state index in [-0.39, 0.29) is 42.6 Å². The molecule has 0 bridgehead atoms. The van der Waals surface area contributed by atoms with E-state index >= 15 is 0 Å². The molecule has 0 unspecified atom stereocenters. The zero-order valence-corrected chi connectivity index (χ0v) is 20.0. The van der Waals surface area contributed by atoms with Crippen molar-refractivity contribution in [1.29, 1.82) is 0 Å². The van der Waals surface area contributed by atoms with Crippen molar-refractivity contribution in [3.8, 4) is 0 Å². The Bertz CT molecular complexity index is 1340. The Morgan fingerprint density at radius 3 is 2.68 bits per heavy atom. The van der Waals surface area contributed by atoms with Crippen LogP contribution in [0.5, 0.6) is 0 Å². The molecule has 10 heteroatoms. The van der Waals surface area contributed by atoms with Crippen LogP contribution in [0.15, 0.2) is 58.2 Å². The number of H-pyrrole nitrogens is 1. The van der Waals surface area contributed by atoms with Gasteiger partial charge >= 0.3 is 0 Å². The van der Waals surface area contributed by atoms with Gasteiger partial charge in [0.05, 0.1) is 29.0 Å². The van der Waals surface area contributed by atoms with E-state index in [0.29, 0.717) is 29.6 Å². The van der Waals surface area contributed by atoms with Crippen LogP contribution < -0.4 is 5.56 Å². The van der Waals surface area contributed by atoms with Crippen LogP contribution in [0.1, 0.15) is 24.2 Å². The molecule has 1 atom stereocenters. The number of ether oxygens (including phenoxy) is 1. The van der Waals surface area contributed by atoms with E-state index in [0.717, 1.165) is 5.56 Å². The molecule has 1 aliphatic heterocycles. The van der Waals surface area contributed by atoms with Gasteiger partial charge in [-0.05, 0) is 44.0 Å². The number of fused-ring (bicyclic) bond motifs is 1. The molecular weight excluding hydrogens is 456 g/mol. The normalized spacial score (nSPS) is 16.7. The van der Waals surface area contributed by atoms with Crippen LogP contribution in [0.4, 0.5) is 0 Å². The van der Waals surface area contributed by atoms with E-state index in [2.05, 4.69) is 9.97 Å². The standard InChI is InChI=1S/C24H28N4O5S/c1-17-9-11-18(12-10-17)34(31,32)28-13-5-8-21(28)24(30)27(14-15-33-2)16-22-25-20-7-4-3-6-19(20)23(29)26-22/h3-4,6-7,9-12,21H,5,8,13-16H2,1-2H3,(H,25,26,29)/t21-/m1/s1. The minimum atomic E-state index is -3.83. The Balaban J connectivity index is 1.61. The highest BCUT2D eigenvalue weighted by molar-refractivity contribution is 7.89. The van der Waals surface area contributed by atoms with Crippen molar-refractivity contribution in [1.82, 2.24) is 19.2 Å². The van der Waals surface area contributed by atoms with Gasteiger partial charge in [-0.2, -0.15) is 4.31 Å². The first kappa shape index (κ1) is 24.1. The molecule has 1 N–H and O–H groups in total. The van der Waals surface area contributed by atoms with Gasteiger partial charge in [-0.15, -0.1) is 0 Å². The second-order valence-electron chi connectivity index (χ2n) is 8.37. The molecule has 0 radical (unpaired) electrons. The third-order valence-electron chi connectivity index (χ3n) is 6.00. The first-order valence-corrected chi connectivity index (χ1v) is 12.6. The van der Waals surface area contributed by atoms with Crippen LogP contribution in [0.25, 0.3) is 10.9 Å². The van der Waals surface area contributed by atoms with Crippen LogP contribution in [0, 0.1) is 6.92 Å². The van der Waals surface area contributed by atoms with Gasteiger partial charge in [0.1, 0.15) is 11.9 Å². The minimum absolute atomic E-state index is 0.0389. The number of methoxy groups -OCH3 is 1. The number of hydrogen-bond donors (Lipinski definition) is 1. The van der Waals surface area contributed by atoms with Gasteiger partial charge in [0.25, 0.3) is 5.56 Å². The number of carbonyl (C=O) groups excluding carboxylic acids is 1. The van der Waals surface area contributed by atoms with Crippen LogP contribution in [-0.4, -0.2) is 66.3 Å². The quantitative estimate of drug-likeness (QED) is 0.524. The van der Waals surface area contributed by atoms with Crippen molar-refractivity contribution >= 4 is 26.8 Å². The molecule has 2 aromatic carbocycles. The number of carbonyl (C=O) groups is 1. The number of amides is 1. The summed E-state index contributed by atoms with van der Waals surface area (Å²) >= 11 is 0. The Labute approximate surface area is 198 Å². The summed E-state index contributed by atoms with van der Waals surface area (Å²) < 4.78 is 33.1. The fourth-order valence-corrected chi connectivity index (χ4v) is 5.84. The van der Waals surface area contributed by atoms with E-state index in [1.807, 2.05) is 6.92 Å². The zero-order valence-electron chi connectivity index (χ0n) is 19.2. The average Bonchev–Trinajstić information content (AvgIpc) is 3.33. The fraction of sp³-hybridized carbons (Fsp3) is 0.375. The number of sulfonamides is 1. The summed E-state index contributed by atoms with van der Waals surface area (Å²) in [5.41, 5.74) is 1.20. The van der Waals surface area contributed by atoms with E-state index in [1.165, 1.54) is 16.3 Å². The molecule has 2 heterocycles. The molecule has 1 aliphatic rings. The van der Waals surface area contributed by atoms with Gasteiger partial charge in [-0.3, -0.25) is 9.59 Å². The van der Waals surface area contributed by atoms with Crippen LogP contribution in [-0.2, 0) is 26.1 Å².